The molecule has 0 saturated heterocycles. The standard InChI is InChI=1S/C71H84BrN11O7/c1-73-68(87)74-48-62(45-54-26-14-5-15-27-54)77-65(84)39-36-59(42-51-20-8-2-9-21-51)81-69(88)75-49-63(46-55-28-16-6-17-29-55)78-66(85)40-37-60(43-52-22-10-3-11-23-52)82-70(89)76-50-64(47-56-30-18-7-19-31-56)79-67(86)41-38-61(44-53-24-12-4-13-25-53)83-71(90)80-58-34-32-57(72)33-35-58/h2-35,59-64H,36-50H2,1H3,(H,77,84)(H,78,85)(H,79,86)(H2,73,74,87)(H2,75,81,88)(H2,76,82,89)(H2,80,83,90)/t59-,60-,61-,62-,63-,64-/m0/s1. The maximum Gasteiger partial charge on any atom is 0.319 e. The molecular formula is C71H84BrN11O7. The van der Waals surface area contributed by atoms with E-state index in [0.29, 0.717) is 57.1 Å². The minimum absolute atomic E-state index is 0.0588. The van der Waals surface area contributed by atoms with Gasteiger partial charge < -0.3 is 58.5 Å². The summed E-state index contributed by atoms with van der Waals surface area (Å²) in [7, 11) is 1.53. The molecule has 0 bridgehead atoms. The molecule has 0 spiro atoms. The van der Waals surface area contributed by atoms with E-state index in [1.54, 1.807) is 12.1 Å². The molecule has 0 fully saturated rings. The number of hydrogen-bond acceptors (Lipinski definition) is 7. The van der Waals surface area contributed by atoms with Gasteiger partial charge in [0.25, 0.3) is 0 Å². The summed E-state index contributed by atoms with van der Waals surface area (Å²) in [6, 6.07) is 61.2. The lowest BCUT2D eigenvalue weighted by molar-refractivity contribution is -0.122. The highest BCUT2D eigenvalue weighted by Crippen LogP contribution is 2.17. The first-order valence-corrected chi connectivity index (χ1v) is 31.6. The summed E-state index contributed by atoms with van der Waals surface area (Å²) >= 11 is 3.43. The van der Waals surface area contributed by atoms with Crippen LogP contribution in [0.1, 0.15) is 71.9 Å². The predicted molar refractivity (Wildman–Crippen MR) is 358 cm³/mol. The maximum atomic E-state index is 14.0. The molecule has 7 aromatic rings. The Morgan fingerprint density at radius 3 is 0.844 bits per heavy atom. The first-order chi connectivity index (χ1) is 43.8. The van der Waals surface area contributed by atoms with Crippen LogP contribution in [0.15, 0.2) is 211 Å². The number of halogens is 1. The summed E-state index contributed by atoms with van der Waals surface area (Å²) in [5.41, 5.74) is 6.52. The van der Waals surface area contributed by atoms with Crippen LogP contribution in [0.25, 0.3) is 0 Å². The van der Waals surface area contributed by atoms with Gasteiger partial charge in [-0.3, -0.25) is 14.4 Å². The molecule has 0 aliphatic rings. The Kier molecular flexibility index (Phi) is 28.7. The van der Waals surface area contributed by atoms with Gasteiger partial charge in [-0.25, -0.2) is 19.2 Å². The van der Waals surface area contributed by atoms with Crippen molar-refractivity contribution in [1.82, 2.24) is 53.2 Å². The highest BCUT2D eigenvalue weighted by Gasteiger charge is 2.24. The van der Waals surface area contributed by atoms with Crippen molar-refractivity contribution in [3.8, 4) is 0 Å². The van der Waals surface area contributed by atoms with Crippen LogP contribution in [0, 0.1) is 0 Å². The molecule has 18 nitrogen and oxygen atoms in total. The number of rotatable bonds is 34. The van der Waals surface area contributed by atoms with Gasteiger partial charge in [0.15, 0.2) is 0 Å². The van der Waals surface area contributed by atoms with Gasteiger partial charge in [0, 0.05) is 74.2 Å². The molecule has 11 amide bonds. The molecule has 0 saturated carbocycles. The molecule has 0 unspecified atom stereocenters. The lowest BCUT2D eigenvalue weighted by Crippen LogP contribution is -2.51. The molecule has 90 heavy (non-hydrogen) atoms. The van der Waals surface area contributed by atoms with E-state index in [4.69, 9.17) is 0 Å². The van der Waals surface area contributed by atoms with E-state index in [0.717, 1.165) is 37.9 Å². The van der Waals surface area contributed by atoms with Crippen LogP contribution in [-0.4, -0.2) is 105 Å². The third kappa shape index (κ3) is 26.9. The van der Waals surface area contributed by atoms with Crippen molar-refractivity contribution in [2.75, 3.05) is 32.0 Å². The zero-order valence-corrected chi connectivity index (χ0v) is 52.5. The molecule has 0 aromatic heterocycles. The molecule has 0 aliphatic carbocycles. The van der Waals surface area contributed by atoms with Gasteiger partial charge in [0.1, 0.15) is 0 Å². The van der Waals surface area contributed by atoms with Gasteiger partial charge >= 0.3 is 24.1 Å². The van der Waals surface area contributed by atoms with Crippen molar-refractivity contribution >= 4 is 63.5 Å². The Balaban J connectivity index is 0.948. The van der Waals surface area contributed by atoms with E-state index in [9.17, 15) is 33.6 Å². The average molecular weight is 1280 g/mol. The van der Waals surface area contributed by atoms with Crippen LogP contribution in [0.2, 0.25) is 0 Å². The van der Waals surface area contributed by atoms with Crippen LogP contribution in [0.5, 0.6) is 0 Å². The summed E-state index contributed by atoms with van der Waals surface area (Å²) in [6.07, 6.45) is 4.03. The van der Waals surface area contributed by atoms with Crippen molar-refractivity contribution in [2.24, 2.45) is 0 Å². The van der Waals surface area contributed by atoms with Gasteiger partial charge in [-0.2, -0.15) is 0 Å². The van der Waals surface area contributed by atoms with Crippen molar-refractivity contribution in [3.05, 3.63) is 244 Å². The second-order valence-corrected chi connectivity index (χ2v) is 23.3. The van der Waals surface area contributed by atoms with Crippen molar-refractivity contribution in [2.45, 2.75) is 113 Å². The lowest BCUT2D eigenvalue weighted by Gasteiger charge is -2.24. The van der Waals surface area contributed by atoms with Crippen molar-refractivity contribution in [3.63, 3.8) is 0 Å². The SMILES string of the molecule is CNC(=O)NC[C@H](Cc1ccccc1)NC(=O)CC[C@@H](Cc1ccccc1)NC(=O)NC[C@H](Cc1ccccc1)NC(=O)CC[C@@H](Cc1ccccc1)NC(=O)NC[C@H](Cc1ccccc1)NC(=O)CC[C@@H](Cc1ccccc1)NC(=O)Nc1ccc(Br)cc1. The summed E-state index contributed by atoms with van der Waals surface area (Å²) in [5.74, 6) is -0.715. The number of amides is 11. The van der Waals surface area contributed by atoms with Gasteiger partial charge in [-0.05, 0) is 115 Å². The summed E-state index contributed by atoms with van der Waals surface area (Å²) in [5, 5.41) is 32.9. The predicted octanol–water partition coefficient (Wildman–Crippen LogP) is 9.46. The lowest BCUT2D eigenvalue weighted by atomic mass is 10.0. The Hall–Kier alpha value is -9.49. The van der Waals surface area contributed by atoms with Crippen molar-refractivity contribution in [1.29, 1.82) is 0 Å². The van der Waals surface area contributed by atoms with E-state index < -0.39 is 36.2 Å². The van der Waals surface area contributed by atoms with E-state index in [1.165, 1.54) is 7.05 Å². The Bertz CT molecular complexity index is 3290. The first-order valence-electron chi connectivity index (χ1n) is 30.8. The highest BCUT2D eigenvalue weighted by molar-refractivity contribution is 9.10. The summed E-state index contributed by atoms with van der Waals surface area (Å²) in [4.78, 5) is 94.5. The fraction of sp³-hybridized carbons (Fsp3) is 0.310. The second-order valence-electron chi connectivity index (χ2n) is 22.4. The Morgan fingerprint density at radius 1 is 0.311 bits per heavy atom. The number of benzene rings is 7. The maximum absolute atomic E-state index is 14.0. The number of urea groups is 4. The molecule has 7 aromatic carbocycles. The third-order valence-corrected chi connectivity index (χ3v) is 15.6. The monoisotopic (exact) mass is 1280 g/mol. The second kappa shape index (κ2) is 38.0. The van der Waals surface area contributed by atoms with Crippen LogP contribution in [0.3, 0.4) is 0 Å². The number of carbonyl (C=O) groups is 7. The van der Waals surface area contributed by atoms with Crippen LogP contribution in [0.4, 0.5) is 24.9 Å². The quantitative estimate of drug-likeness (QED) is 0.0186. The molecule has 6 atom stereocenters. The van der Waals surface area contributed by atoms with Crippen LogP contribution >= 0.6 is 15.9 Å². The van der Waals surface area contributed by atoms with Crippen LogP contribution < -0.4 is 58.5 Å². The molecule has 0 heterocycles. The van der Waals surface area contributed by atoms with E-state index in [2.05, 4.69) is 74.4 Å². The third-order valence-electron chi connectivity index (χ3n) is 15.1. The molecule has 19 heteroatoms. The Labute approximate surface area is 536 Å². The topological polar surface area (TPSA) is 252 Å². The van der Waals surface area contributed by atoms with Gasteiger partial charge in [-0.15, -0.1) is 0 Å². The van der Waals surface area contributed by atoms with Crippen LogP contribution in [-0.2, 0) is 52.9 Å². The molecule has 7 rings (SSSR count). The number of hydrogen-bond donors (Lipinski definition) is 11. The zero-order chi connectivity index (χ0) is 63.6. The normalized spacial score (nSPS) is 12.8. The summed E-state index contributed by atoms with van der Waals surface area (Å²) < 4.78 is 0.887. The highest BCUT2D eigenvalue weighted by atomic mass is 79.9. The van der Waals surface area contributed by atoms with Gasteiger partial charge in [0.2, 0.25) is 17.7 Å². The molecular weight excluding hydrogens is 1200 g/mol. The smallest absolute Gasteiger partial charge is 0.319 e. The van der Waals surface area contributed by atoms with Gasteiger partial charge in [0.05, 0.1) is 18.1 Å². The minimum atomic E-state index is -0.511. The fourth-order valence-electron chi connectivity index (χ4n) is 10.5. The zero-order valence-electron chi connectivity index (χ0n) is 50.9. The van der Waals surface area contributed by atoms with E-state index in [1.807, 2.05) is 194 Å². The van der Waals surface area contributed by atoms with Gasteiger partial charge in [-0.1, -0.05) is 198 Å². The molecule has 0 radical (unpaired) electrons. The molecule has 472 valence electrons. The number of anilines is 1. The number of carbonyl (C=O) groups excluding carboxylic acids is 7. The number of nitrogens with one attached hydrogen (secondary N) is 11. The Morgan fingerprint density at radius 2 is 0.567 bits per heavy atom. The molecule has 11 N–H and O–H groups in total. The van der Waals surface area contributed by atoms with E-state index in [-0.39, 0.29) is 87.2 Å². The average Bonchev–Trinajstić information content (AvgIpc) is 3.64. The van der Waals surface area contributed by atoms with E-state index >= 15 is 0 Å². The molecule has 0 aliphatic heterocycles. The first kappa shape index (κ1) is 68.0. The van der Waals surface area contributed by atoms with Crippen molar-refractivity contribution < 1.29 is 33.6 Å². The minimum Gasteiger partial charge on any atom is -0.351 e. The fourth-order valence-corrected chi connectivity index (χ4v) is 10.8. The largest absolute Gasteiger partial charge is 0.351 e. The summed E-state index contributed by atoms with van der Waals surface area (Å²) in [6.45, 7) is 0.413.